The summed E-state index contributed by atoms with van der Waals surface area (Å²) in [5.74, 6) is 1.43. The quantitative estimate of drug-likeness (QED) is 0.851. The number of rotatable bonds is 5. The molecule has 2 N–H and O–H groups in total. The molecule has 0 unspecified atom stereocenters. The number of hydrogen-bond acceptors (Lipinski definition) is 4. The van der Waals surface area contributed by atoms with Crippen molar-refractivity contribution in [1.29, 1.82) is 0 Å². The monoisotopic (exact) mass is 351 g/mol. The molecule has 0 aliphatic carbocycles. The number of nitrogens with one attached hydrogen (secondary N) is 1. The minimum Gasteiger partial charge on any atom is -0.503 e. The van der Waals surface area contributed by atoms with Crippen LogP contribution in [0.15, 0.2) is 34.8 Å². The SMILES string of the molecule is COc1ccc(NCc2cc(Br)c(O)c(OC)c2)cc1C. The molecule has 0 fully saturated rings. The van der Waals surface area contributed by atoms with Gasteiger partial charge < -0.3 is 19.9 Å². The molecule has 0 atom stereocenters. The molecule has 0 amide bonds. The van der Waals surface area contributed by atoms with Crippen LogP contribution in [0.1, 0.15) is 11.1 Å². The summed E-state index contributed by atoms with van der Waals surface area (Å²) in [5.41, 5.74) is 3.09. The van der Waals surface area contributed by atoms with Gasteiger partial charge in [0.05, 0.1) is 18.7 Å². The minimum absolute atomic E-state index is 0.113. The number of phenols is 1. The number of ether oxygens (including phenoxy) is 2. The standard InChI is InChI=1S/C16H18BrNO3/c1-10-6-12(4-5-14(10)20-2)18-9-11-7-13(17)16(19)15(8-11)21-3/h4-8,18-19H,9H2,1-3H3. The van der Waals surface area contributed by atoms with Gasteiger partial charge in [-0.1, -0.05) is 0 Å². The molecule has 0 aliphatic heterocycles. The lowest BCUT2D eigenvalue weighted by Crippen LogP contribution is -2.01. The van der Waals surface area contributed by atoms with Gasteiger partial charge in [-0.2, -0.15) is 0 Å². The van der Waals surface area contributed by atoms with Crippen LogP contribution in [-0.4, -0.2) is 19.3 Å². The maximum Gasteiger partial charge on any atom is 0.172 e. The van der Waals surface area contributed by atoms with Crippen LogP contribution in [0.5, 0.6) is 17.2 Å². The molecule has 21 heavy (non-hydrogen) atoms. The van der Waals surface area contributed by atoms with Gasteiger partial charge in [-0.25, -0.2) is 0 Å². The van der Waals surface area contributed by atoms with Crippen molar-refractivity contribution in [2.75, 3.05) is 19.5 Å². The van der Waals surface area contributed by atoms with Crippen LogP contribution in [-0.2, 0) is 6.54 Å². The van der Waals surface area contributed by atoms with Gasteiger partial charge in [-0.05, 0) is 64.3 Å². The highest BCUT2D eigenvalue weighted by Gasteiger charge is 2.08. The van der Waals surface area contributed by atoms with E-state index in [1.807, 2.05) is 37.3 Å². The first-order valence-electron chi connectivity index (χ1n) is 6.49. The van der Waals surface area contributed by atoms with E-state index in [2.05, 4.69) is 21.2 Å². The first kappa shape index (κ1) is 15.5. The van der Waals surface area contributed by atoms with E-state index in [9.17, 15) is 5.11 Å². The molecule has 0 spiro atoms. The largest absolute Gasteiger partial charge is 0.503 e. The third-order valence-corrected chi connectivity index (χ3v) is 3.80. The van der Waals surface area contributed by atoms with E-state index in [0.717, 1.165) is 22.6 Å². The van der Waals surface area contributed by atoms with E-state index in [1.165, 1.54) is 7.11 Å². The van der Waals surface area contributed by atoms with Crippen LogP contribution in [0, 0.1) is 6.92 Å². The molecule has 0 radical (unpaired) electrons. The maximum atomic E-state index is 9.80. The predicted octanol–water partition coefficient (Wildman–Crippen LogP) is 4.09. The lowest BCUT2D eigenvalue weighted by Gasteiger charge is -2.12. The molecule has 5 heteroatoms. The first-order valence-corrected chi connectivity index (χ1v) is 7.28. The summed E-state index contributed by atoms with van der Waals surface area (Å²) in [6.07, 6.45) is 0. The lowest BCUT2D eigenvalue weighted by molar-refractivity contribution is 0.371. The van der Waals surface area contributed by atoms with Crippen molar-refractivity contribution < 1.29 is 14.6 Å². The number of benzene rings is 2. The molecule has 2 aromatic carbocycles. The molecule has 0 saturated carbocycles. The lowest BCUT2D eigenvalue weighted by atomic mass is 10.1. The van der Waals surface area contributed by atoms with Crippen molar-refractivity contribution in [3.05, 3.63) is 45.9 Å². The van der Waals surface area contributed by atoms with Gasteiger partial charge in [-0.3, -0.25) is 0 Å². The average Bonchev–Trinajstić information content (AvgIpc) is 2.48. The highest BCUT2D eigenvalue weighted by molar-refractivity contribution is 9.10. The molecular formula is C16H18BrNO3. The normalized spacial score (nSPS) is 10.3. The van der Waals surface area contributed by atoms with Crippen molar-refractivity contribution >= 4 is 21.6 Å². The molecule has 2 aromatic rings. The van der Waals surface area contributed by atoms with Crippen molar-refractivity contribution in [3.63, 3.8) is 0 Å². The second-order valence-corrected chi connectivity index (χ2v) is 5.52. The Morgan fingerprint density at radius 1 is 1.10 bits per heavy atom. The van der Waals surface area contributed by atoms with Crippen LogP contribution < -0.4 is 14.8 Å². The van der Waals surface area contributed by atoms with Crippen LogP contribution in [0.25, 0.3) is 0 Å². The van der Waals surface area contributed by atoms with Crippen LogP contribution in [0.4, 0.5) is 5.69 Å². The Morgan fingerprint density at radius 3 is 2.43 bits per heavy atom. The van der Waals surface area contributed by atoms with Crippen LogP contribution in [0.3, 0.4) is 0 Å². The van der Waals surface area contributed by atoms with Gasteiger partial charge >= 0.3 is 0 Å². The van der Waals surface area contributed by atoms with E-state index >= 15 is 0 Å². The Hall–Kier alpha value is -1.88. The smallest absolute Gasteiger partial charge is 0.172 e. The first-order chi connectivity index (χ1) is 10.0. The minimum atomic E-state index is 0.113. The number of phenolic OH excluding ortho intramolecular Hbond substituents is 1. The number of halogens is 1. The van der Waals surface area contributed by atoms with Gasteiger partial charge in [0, 0.05) is 12.2 Å². The third kappa shape index (κ3) is 3.61. The van der Waals surface area contributed by atoms with E-state index < -0.39 is 0 Å². The molecule has 0 saturated heterocycles. The zero-order valence-corrected chi connectivity index (χ0v) is 13.8. The summed E-state index contributed by atoms with van der Waals surface area (Å²) in [5, 5.41) is 13.1. The average molecular weight is 352 g/mol. The number of methoxy groups -OCH3 is 2. The molecule has 112 valence electrons. The second-order valence-electron chi connectivity index (χ2n) is 4.67. The number of aryl methyl sites for hydroxylation is 1. The molecule has 0 bridgehead atoms. The fourth-order valence-electron chi connectivity index (χ4n) is 2.08. The van der Waals surface area contributed by atoms with Gasteiger partial charge in [0.25, 0.3) is 0 Å². The topological polar surface area (TPSA) is 50.7 Å². The zero-order valence-electron chi connectivity index (χ0n) is 12.2. The number of aromatic hydroxyl groups is 1. The molecule has 0 aliphatic rings. The fraction of sp³-hybridized carbons (Fsp3) is 0.250. The van der Waals surface area contributed by atoms with E-state index in [1.54, 1.807) is 7.11 Å². The molecule has 4 nitrogen and oxygen atoms in total. The summed E-state index contributed by atoms with van der Waals surface area (Å²) < 4.78 is 11.0. The summed E-state index contributed by atoms with van der Waals surface area (Å²) in [4.78, 5) is 0. The van der Waals surface area contributed by atoms with Crippen molar-refractivity contribution in [1.82, 2.24) is 0 Å². The summed E-state index contributed by atoms with van der Waals surface area (Å²) in [6.45, 7) is 2.63. The van der Waals surface area contributed by atoms with Crippen molar-refractivity contribution in [2.24, 2.45) is 0 Å². The number of hydrogen-bond donors (Lipinski definition) is 2. The molecule has 0 aromatic heterocycles. The third-order valence-electron chi connectivity index (χ3n) is 3.20. The van der Waals surface area contributed by atoms with Gasteiger partial charge in [0.15, 0.2) is 11.5 Å². The van der Waals surface area contributed by atoms with Crippen molar-refractivity contribution in [2.45, 2.75) is 13.5 Å². The Labute approximate surface area is 132 Å². The van der Waals surface area contributed by atoms with E-state index in [4.69, 9.17) is 9.47 Å². The maximum absolute atomic E-state index is 9.80. The van der Waals surface area contributed by atoms with Gasteiger partial charge in [-0.15, -0.1) is 0 Å². The van der Waals surface area contributed by atoms with Gasteiger partial charge in [0.1, 0.15) is 5.75 Å². The Morgan fingerprint density at radius 2 is 1.81 bits per heavy atom. The van der Waals surface area contributed by atoms with Crippen LogP contribution >= 0.6 is 15.9 Å². The zero-order chi connectivity index (χ0) is 15.4. The van der Waals surface area contributed by atoms with Gasteiger partial charge in [0.2, 0.25) is 0 Å². The molecule has 0 heterocycles. The second kappa shape index (κ2) is 6.72. The summed E-state index contributed by atoms with van der Waals surface area (Å²) >= 11 is 3.32. The van der Waals surface area contributed by atoms with Crippen LogP contribution in [0.2, 0.25) is 0 Å². The Kier molecular flexibility index (Phi) is 4.96. The number of anilines is 1. The fourth-order valence-corrected chi connectivity index (χ4v) is 2.57. The highest BCUT2D eigenvalue weighted by atomic mass is 79.9. The van der Waals surface area contributed by atoms with Crippen molar-refractivity contribution in [3.8, 4) is 17.2 Å². The molecular weight excluding hydrogens is 334 g/mol. The molecule has 2 rings (SSSR count). The Balaban J connectivity index is 2.13. The summed E-state index contributed by atoms with van der Waals surface area (Å²) in [6, 6.07) is 9.61. The highest BCUT2D eigenvalue weighted by Crippen LogP contribution is 2.35. The predicted molar refractivity (Wildman–Crippen MR) is 87.4 cm³/mol. The van der Waals surface area contributed by atoms with E-state index in [0.29, 0.717) is 16.8 Å². The summed E-state index contributed by atoms with van der Waals surface area (Å²) in [7, 11) is 3.20. The Bertz CT molecular complexity index is 644. The van der Waals surface area contributed by atoms with E-state index in [-0.39, 0.29) is 5.75 Å².